The van der Waals surface area contributed by atoms with E-state index in [1.54, 1.807) is 12.5 Å². The average Bonchev–Trinajstić information content (AvgIpc) is 2.88. The first kappa shape index (κ1) is 22.2. The van der Waals surface area contributed by atoms with E-state index in [9.17, 15) is 4.79 Å². The molecule has 0 spiro atoms. The van der Waals surface area contributed by atoms with Gasteiger partial charge in [-0.3, -0.25) is 4.79 Å². The number of carbonyl (C=O) groups is 1. The maximum absolute atomic E-state index is 9.82. The van der Waals surface area contributed by atoms with Crippen LogP contribution in [-0.4, -0.2) is 12.6 Å². The predicted molar refractivity (Wildman–Crippen MR) is 142 cm³/mol. The smallest absolute Gasteiger partial charge is 0.302 e. The molecule has 5 aromatic carbocycles. The third-order valence-electron chi connectivity index (χ3n) is 6.92. The molecule has 1 aliphatic rings. The molecule has 0 N–H and O–H groups in total. The Kier molecular flexibility index (Phi) is 6.31. The molecule has 0 amide bonds. The van der Waals surface area contributed by atoms with E-state index >= 15 is 0 Å². The van der Waals surface area contributed by atoms with Crippen LogP contribution in [0.4, 0.5) is 0 Å². The Balaban J connectivity index is 0.000000360. The van der Waals surface area contributed by atoms with Crippen molar-refractivity contribution in [3.63, 3.8) is 0 Å². The number of hydrogen-bond acceptors (Lipinski definition) is 2. The summed E-state index contributed by atoms with van der Waals surface area (Å²) in [5, 5.41) is 8.29. The summed E-state index contributed by atoms with van der Waals surface area (Å²) in [6.07, 6.45) is 3.68. The molecule has 0 heterocycles. The summed E-state index contributed by atoms with van der Waals surface area (Å²) >= 11 is 0. The molecule has 0 radical (unpaired) electrons. The number of rotatable bonds is 2. The fourth-order valence-corrected chi connectivity index (χ4v) is 5.49. The van der Waals surface area contributed by atoms with Gasteiger partial charge in [0.05, 0.1) is 6.61 Å². The topological polar surface area (TPSA) is 26.3 Å². The van der Waals surface area contributed by atoms with Crippen molar-refractivity contribution in [2.75, 3.05) is 6.61 Å². The summed E-state index contributed by atoms with van der Waals surface area (Å²) in [6.45, 7) is 3.65. The van der Waals surface area contributed by atoms with Crippen LogP contribution in [0.2, 0.25) is 0 Å². The van der Waals surface area contributed by atoms with Gasteiger partial charge >= 0.3 is 5.97 Å². The molecule has 5 aromatic rings. The summed E-state index contributed by atoms with van der Waals surface area (Å²) in [7, 11) is 0. The lowest BCUT2D eigenvalue weighted by Gasteiger charge is -2.28. The van der Waals surface area contributed by atoms with Crippen LogP contribution in [-0.2, 0) is 16.0 Å². The van der Waals surface area contributed by atoms with Crippen molar-refractivity contribution < 1.29 is 9.53 Å². The molecular weight excluding hydrogens is 416 g/mol. The molecule has 0 fully saturated rings. The normalized spacial score (nSPS) is 14.9. The highest BCUT2D eigenvalue weighted by Gasteiger charge is 2.24. The van der Waals surface area contributed by atoms with Crippen molar-refractivity contribution in [3.05, 3.63) is 108 Å². The van der Waals surface area contributed by atoms with Gasteiger partial charge in [0, 0.05) is 12.8 Å². The maximum Gasteiger partial charge on any atom is 0.302 e. The number of hydrogen-bond donors (Lipinski definition) is 0. The van der Waals surface area contributed by atoms with Crippen LogP contribution in [0.15, 0.2) is 91.0 Å². The number of aryl methyl sites for hydroxylation is 1. The molecule has 0 bridgehead atoms. The van der Waals surface area contributed by atoms with Gasteiger partial charge in [0.25, 0.3) is 0 Å². The van der Waals surface area contributed by atoms with E-state index in [0.717, 1.165) is 0 Å². The first-order valence-corrected chi connectivity index (χ1v) is 12.2. The Morgan fingerprint density at radius 2 is 1.41 bits per heavy atom. The minimum absolute atomic E-state index is 0.211. The number of benzene rings is 5. The minimum Gasteiger partial charge on any atom is -0.466 e. The second kappa shape index (κ2) is 9.69. The van der Waals surface area contributed by atoms with E-state index in [-0.39, 0.29) is 5.97 Å². The minimum atomic E-state index is -0.211. The molecule has 0 saturated carbocycles. The van der Waals surface area contributed by atoms with Crippen molar-refractivity contribution in [3.8, 4) is 0 Å². The van der Waals surface area contributed by atoms with Gasteiger partial charge in [-0.1, -0.05) is 91.0 Å². The van der Waals surface area contributed by atoms with Gasteiger partial charge in [-0.05, 0) is 75.2 Å². The summed E-state index contributed by atoms with van der Waals surface area (Å²) in [6, 6.07) is 33.8. The zero-order valence-corrected chi connectivity index (χ0v) is 19.9. The highest BCUT2D eigenvalue weighted by Crippen LogP contribution is 2.42. The van der Waals surface area contributed by atoms with Crippen molar-refractivity contribution in [1.82, 2.24) is 0 Å². The van der Waals surface area contributed by atoms with E-state index in [0.29, 0.717) is 12.5 Å². The SMILES string of the molecule is CCOC(C)=O.c1ccc2c(C3CCCc4c3ccc3c4ccc4ccccc43)cccc2c1. The second-order valence-electron chi connectivity index (χ2n) is 8.95. The fraction of sp³-hybridized carbons (Fsp3) is 0.219. The summed E-state index contributed by atoms with van der Waals surface area (Å²) in [5.41, 5.74) is 4.58. The van der Waals surface area contributed by atoms with Crippen LogP contribution in [0.25, 0.3) is 32.3 Å². The Morgan fingerprint density at radius 3 is 2.15 bits per heavy atom. The van der Waals surface area contributed by atoms with Crippen molar-refractivity contribution >= 4 is 38.3 Å². The first-order valence-electron chi connectivity index (χ1n) is 12.2. The van der Waals surface area contributed by atoms with E-state index in [2.05, 4.69) is 95.7 Å². The Hall–Kier alpha value is -3.65. The lowest BCUT2D eigenvalue weighted by atomic mass is 9.76. The lowest BCUT2D eigenvalue weighted by molar-refractivity contribution is -0.140. The van der Waals surface area contributed by atoms with Crippen LogP contribution < -0.4 is 0 Å². The average molecular weight is 447 g/mol. The molecule has 1 atom stereocenters. The molecule has 1 unspecified atom stereocenters. The zero-order valence-electron chi connectivity index (χ0n) is 19.9. The Morgan fingerprint density at radius 1 is 0.735 bits per heavy atom. The zero-order chi connectivity index (χ0) is 23.5. The third kappa shape index (κ3) is 4.17. The van der Waals surface area contributed by atoms with Crippen LogP contribution >= 0.6 is 0 Å². The van der Waals surface area contributed by atoms with E-state index < -0.39 is 0 Å². The van der Waals surface area contributed by atoms with Gasteiger partial charge in [-0.15, -0.1) is 0 Å². The van der Waals surface area contributed by atoms with Gasteiger partial charge in [-0.2, -0.15) is 0 Å². The number of carbonyl (C=O) groups excluding carboxylic acids is 1. The van der Waals surface area contributed by atoms with E-state index in [4.69, 9.17) is 0 Å². The number of ether oxygens (including phenoxy) is 1. The molecule has 170 valence electrons. The van der Waals surface area contributed by atoms with Gasteiger partial charge < -0.3 is 4.74 Å². The van der Waals surface area contributed by atoms with Crippen LogP contribution in [0.5, 0.6) is 0 Å². The molecular formula is C32H30O2. The molecule has 0 saturated heterocycles. The molecule has 6 rings (SSSR count). The third-order valence-corrected chi connectivity index (χ3v) is 6.92. The summed E-state index contributed by atoms with van der Waals surface area (Å²) in [4.78, 5) is 9.82. The van der Waals surface area contributed by atoms with Gasteiger partial charge in [-0.25, -0.2) is 0 Å². The number of esters is 1. The summed E-state index contributed by atoms with van der Waals surface area (Å²) in [5.74, 6) is 0.281. The van der Waals surface area contributed by atoms with Crippen LogP contribution in [0.3, 0.4) is 0 Å². The molecule has 34 heavy (non-hydrogen) atoms. The van der Waals surface area contributed by atoms with Gasteiger partial charge in [0.2, 0.25) is 0 Å². The number of fused-ring (bicyclic) bond motifs is 6. The van der Waals surface area contributed by atoms with Crippen LogP contribution in [0.1, 0.15) is 49.3 Å². The van der Waals surface area contributed by atoms with E-state index in [1.807, 2.05) is 0 Å². The molecule has 2 nitrogen and oxygen atoms in total. The molecule has 0 aliphatic heterocycles. The standard InChI is InChI=1S/C28H22.C4H8O2/c1-3-10-21-19(7-1)9-5-12-23(21)24-13-6-14-25-27-16-15-20-8-2-4-11-22(20)26(27)17-18-28(24)25;1-3-6-4(2)5/h1-5,7-12,15-18,24H,6,13-14H2;3H2,1-2H3. The maximum atomic E-state index is 9.82. The highest BCUT2D eigenvalue weighted by molar-refractivity contribution is 6.08. The molecule has 0 aromatic heterocycles. The second-order valence-corrected chi connectivity index (χ2v) is 8.95. The first-order chi connectivity index (χ1) is 16.7. The monoisotopic (exact) mass is 446 g/mol. The quantitative estimate of drug-likeness (QED) is 0.202. The molecule has 1 aliphatic carbocycles. The van der Waals surface area contributed by atoms with Gasteiger partial charge in [0.15, 0.2) is 0 Å². The fourth-order valence-electron chi connectivity index (χ4n) is 5.49. The van der Waals surface area contributed by atoms with E-state index in [1.165, 1.54) is 69.6 Å². The van der Waals surface area contributed by atoms with Gasteiger partial charge in [0.1, 0.15) is 0 Å². The Labute approximate surface area is 201 Å². The lowest BCUT2D eigenvalue weighted by Crippen LogP contribution is -2.12. The summed E-state index contributed by atoms with van der Waals surface area (Å²) < 4.78 is 4.40. The van der Waals surface area contributed by atoms with Crippen molar-refractivity contribution in [2.45, 2.75) is 39.0 Å². The largest absolute Gasteiger partial charge is 0.466 e. The Bertz CT molecular complexity index is 1480. The predicted octanol–water partition coefficient (Wildman–Crippen LogP) is 8.18. The van der Waals surface area contributed by atoms with Crippen molar-refractivity contribution in [1.29, 1.82) is 0 Å². The molecule has 2 heteroatoms. The van der Waals surface area contributed by atoms with Crippen LogP contribution in [0, 0.1) is 0 Å². The van der Waals surface area contributed by atoms with Crippen molar-refractivity contribution in [2.24, 2.45) is 0 Å². The highest BCUT2D eigenvalue weighted by atomic mass is 16.5.